The summed E-state index contributed by atoms with van der Waals surface area (Å²) in [5.74, 6) is 1.27. The highest BCUT2D eigenvalue weighted by atomic mass is 16.6. The largest absolute Gasteiger partial charge is 0.632 e. The van der Waals surface area contributed by atoms with Crippen molar-refractivity contribution >= 4 is 0 Å². The van der Waals surface area contributed by atoms with E-state index in [9.17, 15) is 5.21 Å². The van der Waals surface area contributed by atoms with Gasteiger partial charge in [0.1, 0.15) is 12.6 Å². The van der Waals surface area contributed by atoms with E-state index in [2.05, 4.69) is 6.08 Å². The number of benzene rings is 1. The highest BCUT2D eigenvalue weighted by molar-refractivity contribution is 5.56. The Bertz CT molecular complexity index is 789. The molecule has 0 saturated heterocycles. The monoisotopic (exact) mass is 359 g/mol. The molecule has 3 aliphatic rings. The first-order valence-electron chi connectivity index (χ1n) is 8.82. The van der Waals surface area contributed by atoms with Crippen molar-refractivity contribution in [3.63, 3.8) is 0 Å². The Morgan fingerprint density at radius 3 is 2.46 bits per heavy atom. The summed E-state index contributed by atoms with van der Waals surface area (Å²) in [6, 6.07) is 3.91. The van der Waals surface area contributed by atoms with E-state index >= 15 is 0 Å². The molecule has 2 aliphatic heterocycles. The molecule has 0 aromatic heterocycles. The second-order valence-corrected chi connectivity index (χ2v) is 7.13. The summed E-state index contributed by atoms with van der Waals surface area (Å²) < 4.78 is 22.0. The minimum absolute atomic E-state index is 0.100. The number of rotatable bonds is 4. The van der Waals surface area contributed by atoms with E-state index in [1.54, 1.807) is 28.4 Å². The van der Waals surface area contributed by atoms with Gasteiger partial charge in [0.05, 0.1) is 26.9 Å². The standard InChI is InChI=1S/C20H25NO5/c1-23-14-6-5-13-7-8-21(22)12-19(26-4)15-9-17(24-2)18(25-3)10-16(15)20(13,21)11-14/h5-7,9-10,14,19H,8,11-12H2,1-4H3/t14-,19-,20-,21?/m0/s1. The van der Waals surface area contributed by atoms with Crippen LogP contribution in [0.25, 0.3) is 0 Å². The molecule has 1 aromatic rings. The van der Waals surface area contributed by atoms with Gasteiger partial charge in [-0.1, -0.05) is 12.2 Å². The highest BCUT2D eigenvalue weighted by Crippen LogP contribution is 2.58. The van der Waals surface area contributed by atoms with Crippen molar-refractivity contribution in [2.45, 2.75) is 24.2 Å². The zero-order chi connectivity index (χ0) is 18.5. The Hall–Kier alpha value is -1.86. The molecular weight excluding hydrogens is 334 g/mol. The van der Waals surface area contributed by atoms with Gasteiger partial charge in [0, 0.05) is 37.3 Å². The predicted molar refractivity (Wildman–Crippen MR) is 97.0 cm³/mol. The molecule has 1 aromatic carbocycles. The zero-order valence-electron chi connectivity index (χ0n) is 15.7. The van der Waals surface area contributed by atoms with Gasteiger partial charge in [0.15, 0.2) is 17.0 Å². The summed E-state index contributed by atoms with van der Waals surface area (Å²) in [4.78, 5) is 0. The molecule has 2 heterocycles. The van der Waals surface area contributed by atoms with Gasteiger partial charge in [-0.05, 0) is 18.2 Å². The first-order valence-corrected chi connectivity index (χ1v) is 8.82. The summed E-state index contributed by atoms with van der Waals surface area (Å²) in [7, 11) is 6.57. The number of methoxy groups -OCH3 is 4. The number of quaternary nitrogens is 1. The van der Waals surface area contributed by atoms with E-state index in [0.717, 1.165) is 16.7 Å². The average molecular weight is 359 g/mol. The number of hydroxylamine groups is 3. The van der Waals surface area contributed by atoms with Crippen LogP contribution in [0.3, 0.4) is 0 Å². The molecule has 1 unspecified atom stereocenters. The summed E-state index contributed by atoms with van der Waals surface area (Å²) in [6.45, 7) is 0.799. The Labute approximate surface area is 153 Å². The molecule has 4 atom stereocenters. The van der Waals surface area contributed by atoms with Crippen molar-refractivity contribution in [3.8, 4) is 11.5 Å². The molecule has 0 N–H and O–H groups in total. The Morgan fingerprint density at radius 1 is 1.08 bits per heavy atom. The fourth-order valence-electron chi connectivity index (χ4n) is 4.83. The number of ether oxygens (including phenoxy) is 4. The van der Waals surface area contributed by atoms with Crippen LogP contribution in [0.5, 0.6) is 11.5 Å². The topological polar surface area (TPSA) is 60.0 Å². The van der Waals surface area contributed by atoms with Crippen molar-refractivity contribution in [3.05, 3.63) is 52.3 Å². The average Bonchev–Trinajstić information content (AvgIpc) is 2.98. The van der Waals surface area contributed by atoms with E-state index in [1.165, 1.54) is 0 Å². The molecule has 4 rings (SSSR count). The van der Waals surface area contributed by atoms with Gasteiger partial charge in [0.25, 0.3) is 0 Å². The van der Waals surface area contributed by atoms with Crippen LogP contribution in [0.2, 0.25) is 0 Å². The number of nitrogens with zero attached hydrogens (tertiary/aromatic N) is 1. The van der Waals surface area contributed by atoms with Crippen molar-refractivity contribution in [2.75, 3.05) is 41.5 Å². The molecule has 1 spiro atoms. The van der Waals surface area contributed by atoms with Gasteiger partial charge in [-0.2, -0.15) is 0 Å². The van der Waals surface area contributed by atoms with Crippen LogP contribution in [0.4, 0.5) is 0 Å². The Kier molecular flexibility index (Phi) is 4.11. The normalized spacial score (nSPS) is 34.6. The summed E-state index contributed by atoms with van der Waals surface area (Å²) in [6.07, 6.45) is 6.37. The van der Waals surface area contributed by atoms with Crippen molar-refractivity contribution in [1.29, 1.82) is 0 Å². The maximum atomic E-state index is 14.0. The van der Waals surface area contributed by atoms with Crippen LogP contribution in [0, 0.1) is 5.21 Å². The number of hydrogen-bond donors (Lipinski definition) is 0. The molecule has 1 aliphatic carbocycles. The number of hydrogen-bond acceptors (Lipinski definition) is 5. The minimum atomic E-state index is -0.695. The molecule has 26 heavy (non-hydrogen) atoms. The summed E-state index contributed by atoms with van der Waals surface area (Å²) in [5.41, 5.74) is 2.31. The number of fused-ring (bicyclic) bond motifs is 1. The van der Waals surface area contributed by atoms with Crippen LogP contribution in [-0.2, 0) is 15.0 Å². The van der Waals surface area contributed by atoms with Gasteiger partial charge in [0.2, 0.25) is 0 Å². The van der Waals surface area contributed by atoms with Gasteiger partial charge in [-0.25, -0.2) is 0 Å². The van der Waals surface area contributed by atoms with Gasteiger partial charge in [-0.15, -0.1) is 0 Å². The third-order valence-electron chi connectivity index (χ3n) is 6.16. The SMILES string of the molecule is COc1cc2c(cc1OC)[C@]13C[C@@H](OC)C=CC1=CC[N+]3([O-])C[C@@H]2OC. The molecule has 0 radical (unpaired) electrons. The molecule has 6 nitrogen and oxygen atoms in total. The van der Waals surface area contributed by atoms with E-state index in [4.69, 9.17) is 18.9 Å². The Morgan fingerprint density at radius 2 is 1.81 bits per heavy atom. The molecule has 0 amide bonds. The molecule has 0 fully saturated rings. The van der Waals surface area contributed by atoms with Crippen molar-refractivity contribution in [2.24, 2.45) is 0 Å². The van der Waals surface area contributed by atoms with Gasteiger partial charge < -0.3 is 28.8 Å². The predicted octanol–water partition coefficient (Wildman–Crippen LogP) is 2.83. The van der Waals surface area contributed by atoms with Crippen LogP contribution < -0.4 is 9.47 Å². The highest BCUT2D eigenvalue weighted by Gasteiger charge is 2.60. The fraction of sp³-hybridized carbons (Fsp3) is 0.500. The molecule has 0 saturated carbocycles. The fourth-order valence-corrected chi connectivity index (χ4v) is 4.83. The third-order valence-corrected chi connectivity index (χ3v) is 6.16. The van der Waals surface area contributed by atoms with Crippen molar-refractivity contribution in [1.82, 2.24) is 0 Å². The molecular formula is C20H25NO5. The zero-order valence-corrected chi connectivity index (χ0v) is 15.7. The summed E-state index contributed by atoms with van der Waals surface area (Å²) >= 11 is 0. The maximum Gasteiger partial charge on any atom is 0.161 e. The lowest BCUT2D eigenvalue weighted by Gasteiger charge is -2.59. The summed E-state index contributed by atoms with van der Waals surface area (Å²) in [5, 5.41) is 14.0. The maximum absolute atomic E-state index is 14.0. The van der Waals surface area contributed by atoms with Gasteiger partial charge in [-0.3, -0.25) is 0 Å². The van der Waals surface area contributed by atoms with E-state index in [1.807, 2.05) is 24.3 Å². The van der Waals surface area contributed by atoms with Gasteiger partial charge >= 0.3 is 0 Å². The second kappa shape index (κ2) is 6.09. The molecule has 0 bridgehead atoms. The lowest BCUT2D eigenvalue weighted by Crippen LogP contribution is -2.62. The van der Waals surface area contributed by atoms with Crippen LogP contribution in [-0.4, -0.2) is 52.3 Å². The first-order chi connectivity index (χ1) is 12.5. The molecule has 140 valence electrons. The second-order valence-electron chi connectivity index (χ2n) is 7.13. The lowest BCUT2D eigenvalue weighted by atomic mass is 9.70. The van der Waals surface area contributed by atoms with Crippen LogP contribution >= 0.6 is 0 Å². The quantitative estimate of drug-likeness (QED) is 0.611. The minimum Gasteiger partial charge on any atom is -0.632 e. The van der Waals surface area contributed by atoms with E-state index < -0.39 is 5.54 Å². The van der Waals surface area contributed by atoms with Crippen LogP contribution in [0.1, 0.15) is 23.7 Å². The Balaban J connectivity index is 1.99. The third kappa shape index (κ3) is 2.13. The first kappa shape index (κ1) is 17.5. The molecule has 6 heteroatoms. The lowest BCUT2D eigenvalue weighted by molar-refractivity contribution is -0.930. The van der Waals surface area contributed by atoms with Crippen LogP contribution in [0.15, 0.2) is 35.9 Å². The van der Waals surface area contributed by atoms with Crippen molar-refractivity contribution < 1.29 is 23.6 Å². The smallest absolute Gasteiger partial charge is 0.161 e. The van der Waals surface area contributed by atoms with E-state index in [-0.39, 0.29) is 16.9 Å². The van der Waals surface area contributed by atoms with E-state index in [0.29, 0.717) is 31.0 Å².